The molecule has 5 heteroatoms. The van der Waals surface area contributed by atoms with E-state index in [0.717, 1.165) is 22.4 Å². The van der Waals surface area contributed by atoms with Crippen LogP contribution >= 0.6 is 0 Å². The third-order valence-electron chi connectivity index (χ3n) is 6.00. The fraction of sp³-hybridized carbons (Fsp3) is 0.250. The van der Waals surface area contributed by atoms with Gasteiger partial charge in [-0.2, -0.15) is 0 Å². The zero-order valence-corrected chi connectivity index (χ0v) is 19.4. The van der Waals surface area contributed by atoms with E-state index in [0.29, 0.717) is 19.7 Å². The molecular weight excluding hydrogens is 412 g/mol. The molecule has 1 aromatic heterocycles. The van der Waals surface area contributed by atoms with Crippen molar-refractivity contribution in [2.75, 3.05) is 20.8 Å². The van der Waals surface area contributed by atoms with Gasteiger partial charge in [-0.3, -0.25) is 4.79 Å². The lowest BCUT2D eigenvalue weighted by atomic mass is 9.99. The maximum Gasteiger partial charge on any atom is 0.250 e. The van der Waals surface area contributed by atoms with Crippen LogP contribution in [0, 0.1) is 0 Å². The molecule has 0 saturated heterocycles. The Kier molecular flexibility index (Phi) is 7.23. The van der Waals surface area contributed by atoms with Crippen LogP contribution in [-0.2, 0) is 17.8 Å². The Hall–Kier alpha value is -3.41. The van der Waals surface area contributed by atoms with Crippen LogP contribution in [-0.4, -0.2) is 25.4 Å². The minimum atomic E-state index is -0.0449. The lowest BCUT2D eigenvalue weighted by molar-refractivity contribution is 0.186. The number of aromatic nitrogens is 1. The van der Waals surface area contributed by atoms with E-state index in [2.05, 4.69) is 66.8 Å². The molecule has 170 valence electrons. The second-order valence-corrected chi connectivity index (χ2v) is 8.15. The number of hydrogen-bond acceptors (Lipinski definition) is 4. The SMILES string of the molecule is COCCn1cc(-c2cc(CN[C@H](C)c3cccc4ccccc34)ccc2OC)ccc1=O. The van der Waals surface area contributed by atoms with Crippen molar-refractivity contribution in [1.82, 2.24) is 9.88 Å². The third-order valence-corrected chi connectivity index (χ3v) is 6.00. The first-order valence-corrected chi connectivity index (χ1v) is 11.2. The summed E-state index contributed by atoms with van der Waals surface area (Å²) in [7, 11) is 3.30. The van der Waals surface area contributed by atoms with Gasteiger partial charge in [0.25, 0.3) is 5.56 Å². The predicted octanol–water partition coefficient (Wildman–Crippen LogP) is 5.17. The smallest absolute Gasteiger partial charge is 0.250 e. The van der Waals surface area contributed by atoms with Gasteiger partial charge < -0.3 is 19.4 Å². The highest BCUT2D eigenvalue weighted by Gasteiger charge is 2.12. The van der Waals surface area contributed by atoms with Crippen LogP contribution in [0.1, 0.15) is 24.1 Å². The van der Waals surface area contributed by atoms with E-state index >= 15 is 0 Å². The number of rotatable bonds is 9. The Morgan fingerprint density at radius 1 is 0.970 bits per heavy atom. The van der Waals surface area contributed by atoms with Crippen LogP contribution in [0.15, 0.2) is 83.8 Å². The van der Waals surface area contributed by atoms with Crippen molar-refractivity contribution in [1.29, 1.82) is 0 Å². The topological polar surface area (TPSA) is 52.5 Å². The maximum atomic E-state index is 12.2. The highest BCUT2D eigenvalue weighted by atomic mass is 16.5. The van der Waals surface area contributed by atoms with Crippen molar-refractivity contribution in [3.63, 3.8) is 0 Å². The van der Waals surface area contributed by atoms with Gasteiger partial charge in [-0.25, -0.2) is 0 Å². The van der Waals surface area contributed by atoms with Crippen LogP contribution in [0.2, 0.25) is 0 Å². The lowest BCUT2D eigenvalue weighted by Crippen LogP contribution is -2.20. The van der Waals surface area contributed by atoms with Gasteiger partial charge in [0.05, 0.1) is 13.7 Å². The molecule has 0 fully saturated rings. The molecule has 3 aromatic carbocycles. The molecule has 33 heavy (non-hydrogen) atoms. The number of fused-ring (bicyclic) bond motifs is 1. The molecule has 0 aliphatic heterocycles. The number of pyridine rings is 1. The normalized spacial score (nSPS) is 12.1. The molecule has 0 bridgehead atoms. The quantitative estimate of drug-likeness (QED) is 0.388. The van der Waals surface area contributed by atoms with E-state index in [-0.39, 0.29) is 11.6 Å². The molecule has 0 aliphatic carbocycles. The molecule has 1 atom stereocenters. The van der Waals surface area contributed by atoms with E-state index < -0.39 is 0 Å². The summed E-state index contributed by atoms with van der Waals surface area (Å²) in [6, 6.07) is 24.7. The molecule has 0 aliphatic rings. The van der Waals surface area contributed by atoms with Gasteiger partial charge >= 0.3 is 0 Å². The second kappa shape index (κ2) is 10.5. The van der Waals surface area contributed by atoms with Crippen LogP contribution in [0.5, 0.6) is 5.75 Å². The molecule has 1 N–H and O–H groups in total. The Morgan fingerprint density at radius 3 is 2.61 bits per heavy atom. The van der Waals surface area contributed by atoms with Gasteiger partial charge in [0.2, 0.25) is 0 Å². The Bertz CT molecular complexity index is 1290. The van der Waals surface area contributed by atoms with E-state index in [1.165, 1.54) is 16.3 Å². The zero-order valence-electron chi connectivity index (χ0n) is 19.4. The Labute approximate surface area is 194 Å². The molecule has 0 unspecified atom stereocenters. The second-order valence-electron chi connectivity index (χ2n) is 8.15. The lowest BCUT2D eigenvalue weighted by Gasteiger charge is -2.18. The van der Waals surface area contributed by atoms with E-state index in [4.69, 9.17) is 9.47 Å². The van der Waals surface area contributed by atoms with Crippen molar-refractivity contribution < 1.29 is 9.47 Å². The number of methoxy groups -OCH3 is 2. The highest BCUT2D eigenvalue weighted by Crippen LogP contribution is 2.31. The molecule has 1 heterocycles. The average Bonchev–Trinajstić information content (AvgIpc) is 2.86. The van der Waals surface area contributed by atoms with Gasteiger partial charge in [0.1, 0.15) is 5.75 Å². The summed E-state index contributed by atoms with van der Waals surface area (Å²) in [5, 5.41) is 6.18. The first-order valence-electron chi connectivity index (χ1n) is 11.2. The van der Waals surface area contributed by atoms with E-state index in [1.54, 1.807) is 24.9 Å². The summed E-state index contributed by atoms with van der Waals surface area (Å²) in [6.45, 7) is 3.90. The molecule has 0 radical (unpaired) electrons. The summed E-state index contributed by atoms with van der Waals surface area (Å²) in [5.74, 6) is 0.776. The van der Waals surface area contributed by atoms with Crippen LogP contribution in [0.25, 0.3) is 21.9 Å². The first-order chi connectivity index (χ1) is 16.1. The van der Waals surface area contributed by atoms with Crippen LogP contribution in [0.3, 0.4) is 0 Å². The van der Waals surface area contributed by atoms with Crippen LogP contribution in [0.4, 0.5) is 0 Å². The van der Waals surface area contributed by atoms with Crippen molar-refractivity contribution in [2.24, 2.45) is 0 Å². The van der Waals surface area contributed by atoms with Gasteiger partial charge in [-0.15, -0.1) is 0 Å². The minimum absolute atomic E-state index is 0.0449. The molecular formula is C28H30N2O3. The largest absolute Gasteiger partial charge is 0.496 e. The summed E-state index contributed by atoms with van der Waals surface area (Å²) >= 11 is 0. The number of ether oxygens (including phenoxy) is 2. The summed E-state index contributed by atoms with van der Waals surface area (Å²) in [4.78, 5) is 12.2. The van der Waals surface area contributed by atoms with Crippen molar-refractivity contribution in [3.8, 4) is 16.9 Å². The number of nitrogens with zero attached hydrogens (tertiary/aromatic N) is 1. The fourth-order valence-electron chi connectivity index (χ4n) is 4.15. The monoisotopic (exact) mass is 442 g/mol. The van der Waals surface area contributed by atoms with Crippen molar-refractivity contribution in [2.45, 2.75) is 26.1 Å². The maximum absolute atomic E-state index is 12.2. The average molecular weight is 443 g/mol. The predicted molar refractivity (Wildman–Crippen MR) is 134 cm³/mol. The molecule has 4 rings (SSSR count). The fourth-order valence-corrected chi connectivity index (χ4v) is 4.15. The zero-order chi connectivity index (χ0) is 23.2. The van der Waals surface area contributed by atoms with E-state index in [9.17, 15) is 4.79 Å². The first kappa shape index (κ1) is 22.8. The summed E-state index contributed by atoms with van der Waals surface area (Å²) in [5.41, 5.74) is 4.28. The molecule has 0 spiro atoms. The molecule has 0 saturated carbocycles. The minimum Gasteiger partial charge on any atom is -0.496 e. The number of hydrogen-bond donors (Lipinski definition) is 1. The van der Waals surface area contributed by atoms with Gasteiger partial charge in [-0.1, -0.05) is 48.5 Å². The highest BCUT2D eigenvalue weighted by molar-refractivity contribution is 5.86. The van der Waals surface area contributed by atoms with Crippen molar-refractivity contribution >= 4 is 10.8 Å². The summed E-state index contributed by atoms with van der Waals surface area (Å²) in [6.07, 6.45) is 1.87. The summed E-state index contributed by atoms with van der Waals surface area (Å²) < 4.78 is 12.4. The molecule has 0 amide bonds. The molecule has 5 nitrogen and oxygen atoms in total. The van der Waals surface area contributed by atoms with Gasteiger partial charge in [-0.05, 0) is 47.0 Å². The van der Waals surface area contributed by atoms with E-state index in [1.807, 2.05) is 18.3 Å². The molecule has 4 aromatic rings. The number of benzene rings is 3. The Morgan fingerprint density at radius 2 is 1.79 bits per heavy atom. The van der Waals surface area contributed by atoms with Gasteiger partial charge in [0.15, 0.2) is 0 Å². The van der Waals surface area contributed by atoms with Gasteiger partial charge in [0, 0.05) is 49.6 Å². The van der Waals surface area contributed by atoms with Crippen LogP contribution < -0.4 is 15.6 Å². The van der Waals surface area contributed by atoms with Crippen molar-refractivity contribution in [3.05, 3.63) is 100 Å². The Balaban J connectivity index is 1.58. The third kappa shape index (κ3) is 5.16. The standard InChI is InChI=1S/C28H30N2O3/c1-20(24-10-6-8-22-7-4-5-9-25(22)24)29-18-21-11-13-27(33-3)26(17-21)23-12-14-28(31)30(19-23)15-16-32-2/h4-14,17,19-20,29H,15-16,18H2,1-3H3/t20-/m1/s1. The number of nitrogens with one attached hydrogen (secondary N) is 1.